The molecule has 2 rings (SSSR count). The summed E-state index contributed by atoms with van der Waals surface area (Å²) in [7, 11) is -4.15. The molecule has 29 heavy (non-hydrogen) atoms. The van der Waals surface area contributed by atoms with Gasteiger partial charge in [0.25, 0.3) is 0 Å². The molecule has 10 heteroatoms. The minimum Gasteiger partial charge on any atom is -0.342 e. The van der Waals surface area contributed by atoms with Crippen LogP contribution in [0.15, 0.2) is 29.2 Å². The summed E-state index contributed by atoms with van der Waals surface area (Å²) in [5, 5.41) is 0. The number of amides is 2. The lowest BCUT2D eigenvalue weighted by Gasteiger charge is -2.36. The fourth-order valence-corrected chi connectivity index (χ4v) is 4.55. The molecule has 0 aliphatic carbocycles. The van der Waals surface area contributed by atoms with Crippen LogP contribution in [0.4, 0.5) is 4.39 Å². The third-order valence-corrected chi connectivity index (χ3v) is 6.56. The van der Waals surface area contributed by atoms with E-state index in [9.17, 15) is 22.4 Å². The summed E-state index contributed by atoms with van der Waals surface area (Å²) in [5.74, 6) is -1.19. The normalized spacial score (nSPS) is 16.5. The Labute approximate surface area is 171 Å². The molecule has 1 aromatic carbocycles. The number of nitrogens with zero attached hydrogens (tertiary/aromatic N) is 3. The van der Waals surface area contributed by atoms with Crippen LogP contribution < -0.4 is 4.72 Å². The van der Waals surface area contributed by atoms with E-state index in [4.69, 9.17) is 0 Å². The van der Waals surface area contributed by atoms with Crippen molar-refractivity contribution < 1.29 is 22.4 Å². The molecule has 8 nitrogen and oxygen atoms in total. The van der Waals surface area contributed by atoms with Gasteiger partial charge < -0.3 is 9.80 Å². The lowest BCUT2D eigenvalue weighted by Crippen LogP contribution is -2.55. The largest absolute Gasteiger partial charge is 0.342 e. The van der Waals surface area contributed by atoms with Crippen LogP contribution in [-0.2, 0) is 19.6 Å². The first-order chi connectivity index (χ1) is 13.7. The molecule has 2 amide bonds. The Morgan fingerprint density at radius 3 is 2.28 bits per heavy atom. The van der Waals surface area contributed by atoms with Crippen molar-refractivity contribution in [2.45, 2.75) is 31.7 Å². The van der Waals surface area contributed by atoms with Crippen molar-refractivity contribution in [3.63, 3.8) is 0 Å². The van der Waals surface area contributed by atoms with Gasteiger partial charge in [0.2, 0.25) is 21.8 Å². The van der Waals surface area contributed by atoms with Crippen LogP contribution in [0.5, 0.6) is 0 Å². The third-order valence-electron chi connectivity index (χ3n) is 4.99. The van der Waals surface area contributed by atoms with Crippen LogP contribution in [-0.4, -0.2) is 86.8 Å². The maximum atomic E-state index is 13.8. The fraction of sp³-hybridized carbons (Fsp3) is 0.579. The van der Waals surface area contributed by atoms with Crippen molar-refractivity contribution in [3.8, 4) is 0 Å². The summed E-state index contributed by atoms with van der Waals surface area (Å²) in [6.07, 6.45) is 0. The molecule has 1 fully saturated rings. The standard InChI is InChI=1S/C19H29FN4O4S/c1-4-23(5-2)18(25)14-22-10-12-24(13-11-22)19(26)15(3)21-29(27,28)17-9-7-6-8-16(17)20/h6-9,15,21H,4-5,10-14H2,1-3H3/t15-/m0/s1. The zero-order chi connectivity index (χ0) is 21.6. The number of nitrogens with one attached hydrogen (secondary N) is 1. The predicted octanol–water partition coefficient (Wildman–Crippen LogP) is 0.505. The van der Waals surface area contributed by atoms with Crippen molar-refractivity contribution in [2.24, 2.45) is 0 Å². The second kappa shape index (κ2) is 10.1. The van der Waals surface area contributed by atoms with E-state index in [2.05, 4.69) is 4.72 Å². The Morgan fingerprint density at radius 2 is 1.72 bits per heavy atom. The van der Waals surface area contributed by atoms with E-state index in [0.29, 0.717) is 45.8 Å². The fourth-order valence-electron chi connectivity index (χ4n) is 3.28. The number of carbonyl (C=O) groups excluding carboxylic acids is 2. The van der Waals surface area contributed by atoms with E-state index >= 15 is 0 Å². The number of benzene rings is 1. The van der Waals surface area contributed by atoms with E-state index in [1.807, 2.05) is 18.7 Å². The van der Waals surface area contributed by atoms with Crippen molar-refractivity contribution in [3.05, 3.63) is 30.1 Å². The van der Waals surface area contributed by atoms with Gasteiger partial charge >= 0.3 is 0 Å². The Hall–Kier alpha value is -2.04. The van der Waals surface area contributed by atoms with Gasteiger partial charge in [-0.3, -0.25) is 14.5 Å². The number of rotatable bonds is 8. The molecule has 1 aromatic rings. The van der Waals surface area contributed by atoms with Crippen molar-refractivity contribution in [2.75, 3.05) is 45.8 Å². The maximum Gasteiger partial charge on any atom is 0.244 e. The van der Waals surface area contributed by atoms with Gasteiger partial charge in [-0.05, 0) is 32.9 Å². The number of carbonyl (C=O) groups is 2. The average molecular weight is 429 g/mol. The highest BCUT2D eigenvalue weighted by atomic mass is 32.2. The quantitative estimate of drug-likeness (QED) is 0.652. The molecule has 1 atom stereocenters. The first-order valence-corrected chi connectivity index (χ1v) is 11.2. The molecular weight excluding hydrogens is 399 g/mol. The van der Waals surface area contributed by atoms with Crippen molar-refractivity contribution in [1.82, 2.24) is 19.4 Å². The van der Waals surface area contributed by atoms with E-state index in [0.717, 1.165) is 12.1 Å². The average Bonchev–Trinajstić information content (AvgIpc) is 2.68. The number of halogens is 1. The van der Waals surface area contributed by atoms with Crippen LogP contribution in [0.1, 0.15) is 20.8 Å². The molecule has 1 saturated heterocycles. The minimum absolute atomic E-state index is 0.0563. The number of hydrogen-bond donors (Lipinski definition) is 1. The molecular formula is C19H29FN4O4S. The molecule has 0 unspecified atom stereocenters. The summed E-state index contributed by atoms with van der Waals surface area (Å²) >= 11 is 0. The highest BCUT2D eigenvalue weighted by Gasteiger charge is 2.30. The molecule has 1 aliphatic heterocycles. The van der Waals surface area contributed by atoms with E-state index in [-0.39, 0.29) is 11.8 Å². The molecule has 162 valence electrons. The zero-order valence-corrected chi connectivity index (χ0v) is 17.9. The molecule has 0 spiro atoms. The summed E-state index contributed by atoms with van der Waals surface area (Å²) in [6, 6.07) is 4.00. The smallest absolute Gasteiger partial charge is 0.244 e. The predicted molar refractivity (Wildman–Crippen MR) is 107 cm³/mol. The van der Waals surface area contributed by atoms with Gasteiger partial charge in [-0.25, -0.2) is 12.8 Å². The molecule has 0 aromatic heterocycles. The summed E-state index contributed by atoms with van der Waals surface area (Å²) in [5.41, 5.74) is 0. The third kappa shape index (κ3) is 5.97. The number of likely N-dealkylation sites (N-methyl/N-ethyl adjacent to an activating group) is 1. The first kappa shape index (κ1) is 23.2. The van der Waals surface area contributed by atoms with Gasteiger partial charge in [-0.15, -0.1) is 0 Å². The second-order valence-electron chi connectivity index (χ2n) is 6.94. The van der Waals surface area contributed by atoms with Crippen LogP contribution in [0.2, 0.25) is 0 Å². The molecule has 0 bridgehead atoms. The Bertz CT molecular complexity index is 821. The molecule has 0 radical (unpaired) electrons. The highest BCUT2D eigenvalue weighted by molar-refractivity contribution is 7.89. The lowest BCUT2D eigenvalue weighted by molar-refractivity contribution is -0.135. The van der Waals surface area contributed by atoms with E-state index < -0.39 is 26.8 Å². The topological polar surface area (TPSA) is 90.0 Å². The number of hydrogen-bond acceptors (Lipinski definition) is 5. The van der Waals surface area contributed by atoms with Gasteiger partial charge in [0.15, 0.2) is 0 Å². The monoisotopic (exact) mass is 428 g/mol. The van der Waals surface area contributed by atoms with Gasteiger partial charge in [0, 0.05) is 39.3 Å². The van der Waals surface area contributed by atoms with Crippen LogP contribution in [0.3, 0.4) is 0 Å². The SMILES string of the molecule is CCN(CC)C(=O)CN1CCN(C(=O)[C@H](C)NS(=O)(=O)c2ccccc2F)CC1. The Balaban J connectivity index is 1.90. The summed E-state index contributed by atoms with van der Waals surface area (Å²) < 4.78 is 40.8. The first-order valence-electron chi connectivity index (χ1n) is 9.75. The Morgan fingerprint density at radius 1 is 1.14 bits per heavy atom. The van der Waals surface area contributed by atoms with Gasteiger partial charge in [0.1, 0.15) is 10.7 Å². The van der Waals surface area contributed by atoms with Crippen LogP contribution in [0.25, 0.3) is 0 Å². The summed E-state index contributed by atoms with van der Waals surface area (Å²) in [4.78, 5) is 29.7. The molecule has 0 saturated carbocycles. The lowest BCUT2D eigenvalue weighted by atomic mass is 10.2. The zero-order valence-electron chi connectivity index (χ0n) is 17.1. The number of sulfonamides is 1. The number of piperazine rings is 1. The second-order valence-corrected chi connectivity index (χ2v) is 8.62. The Kier molecular flexibility index (Phi) is 8.12. The van der Waals surface area contributed by atoms with Gasteiger partial charge in [-0.1, -0.05) is 12.1 Å². The van der Waals surface area contributed by atoms with Crippen molar-refractivity contribution >= 4 is 21.8 Å². The van der Waals surface area contributed by atoms with Crippen LogP contribution >= 0.6 is 0 Å². The van der Waals surface area contributed by atoms with Gasteiger partial charge in [-0.2, -0.15) is 4.72 Å². The molecule has 1 heterocycles. The maximum absolute atomic E-state index is 13.8. The van der Waals surface area contributed by atoms with Gasteiger partial charge in [0.05, 0.1) is 12.6 Å². The van der Waals surface area contributed by atoms with Crippen LogP contribution in [0, 0.1) is 5.82 Å². The van der Waals surface area contributed by atoms with E-state index in [1.165, 1.54) is 19.1 Å². The van der Waals surface area contributed by atoms with E-state index in [1.54, 1.807) is 9.80 Å². The van der Waals surface area contributed by atoms with Crippen molar-refractivity contribution in [1.29, 1.82) is 0 Å². The molecule has 1 aliphatic rings. The molecule has 1 N–H and O–H groups in total. The highest BCUT2D eigenvalue weighted by Crippen LogP contribution is 2.14. The minimum atomic E-state index is -4.15. The summed E-state index contributed by atoms with van der Waals surface area (Å²) in [6.45, 7) is 8.80.